The number of carboxylic acids is 1. The summed E-state index contributed by atoms with van der Waals surface area (Å²) in [5, 5.41) is 9.50. The molecule has 0 unspecified atom stereocenters. The molecule has 0 fully saturated rings. The zero-order valence-electron chi connectivity index (χ0n) is 17.4. The SMILES string of the molecule is Cc1cc(C=CC(=O)c2ccc(C(C)C)cc2)c(OC(C)C)c(C)c1C(=O)O. The lowest BCUT2D eigenvalue weighted by molar-refractivity contribution is 0.0694. The average Bonchev–Trinajstić information content (AvgIpc) is 2.61. The van der Waals surface area contributed by atoms with E-state index in [4.69, 9.17) is 4.74 Å². The third-order valence-electron chi connectivity index (χ3n) is 4.59. The predicted octanol–water partition coefficient (Wildman–Crippen LogP) is 5.81. The summed E-state index contributed by atoms with van der Waals surface area (Å²) in [7, 11) is 0. The normalized spacial score (nSPS) is 11.4. The molecule has 0 aliphatic rings. The molecule has 0 bridgehead atoms. The van der Waals surface area contributed by atoms with Crippen molar-refractivity contribution < 1.29 is 19.4 Å². The molecule has 0 atom stereocenters. The van der Waals surface area contributed by atoms with Gasteiger partial charge in [0, 0.05) is 16.7 Å². The van der Waals surface area contributed by atoms with E-state index in [1.165, 1.54) is 11.6 Å². The van der Waals surface area contributed by atoms with Crippen molar-refractivity contribution in [3.05, 3.63) is 69.8 Å². The number of hydrogen-bond acceptors (Lipinski definition) is 3. The van der Waals surface area contributed by atoms with Gasteiger partial charge in [0.1, 0.15) is 5.75 Å². The summed E-state index contributed by atoms with van der Waals surface area (Å²) < 4.78 is 5.88. The Labute approximate surface area is 166 Å². The molecule has 0 saturated heterocycles. The van der Waals surface area contributed by atoms with Crippen LogP contribution in [0, 0.1) is 13.8 Å². The number of carbonyl (C=O) groups is 2. The highest BCUT2D eigenvalue weighted by atomic mass is 16.5. The van der Waals surface area contributed by atoms with Gasteiger partial charge in [-0.05, 0) is 63.0 Å². The van der Waals surface area contributed by atoms with E-state index in [1.54, 1.807) is 26.0 Å². The number of ether oxygens (including phenoxy) is 1. The zero-order chi connectivity index (χ0) is 21.0. The fraction of sp³-hybridized carbons (Fsp3) is 0.333. The van der Waals surface area contributed by atoms with Gasteiger partial charge in [-0.3, -0.25) is 4.79 Å². The lowest BCUT2D eigenvalue weighted by Gasteiger charge is -2.18. The molecule has 0 spiro atoms. The molecule has 4 nitrogen and oxygen atoms in total. The maximum atomic E-state index is 12.6. The number of rotatable bonds is 7. The maximum absolute atomic E-state index is 12.6. The molecule has 2 rings (SSSR count). The number of aryl methyl sites for hydroxylation is 1. The first-order valence-electron chi connectivity index (χ1n) is 9.48. The summed E-state index contributed by atoms with van der Waals surface area (Å²) in [5.74, 6) is -0.185. The Morgan fingerprint density at radius 3 is 2.14 bits per heavy atom. The second-order valence-electron chi connectivity index (χ2n) is 7.56. The minimum Gasteiger partial charge on any atom is -0.490 e. The Balaban J connectivity index is 2.40. The lowest BCUT2D eigenvalue weighted by atomic mass is 9.96. The standard InChI is InChI=1S/C24H28O4/c1-14(2)18-7-9-19(10-8-18)21(25)12-11-20-13-16(5)22(24(26)27)17(6)23(20)28-15(3)4/h7-15H,1-6H3,(H,26,27). The Kier molecular flexibility index (Phi) is 6.79. The van der Waals surface area contributed by atoms with Crippen LogP contribution in [0.4, 0.5) is 0 Å². The van der Waals surface area contributed by atoms with Crippen molar-refractivity contribution in [3.8, 4) is 5.75 Å². The third kappa shape index (κ3) is 4.89. The van der Waals surface area contributed by atoms with Crippen molar-refractivity contribution >= 4 is 17.8 Å². The van der Waals surface area contributed by atoms with Crippen LogP contribution in [0.5, 0.6) is 5.75 Å². The average molecular weight is 380 g/mol. The van der Waals surface area contributed by atoms with E-state index < -0.39 is 5.97 Å². The van der Waals surface area contributed by atoms with Gasteiger partial charge in [0.25, 0.3) is 0 Å². The summed E-state index contributed by atoms with van der Waals surface area (Å²) >= 11 is 0. The Bertz CT molecular complexity index is 903. The van der Waals surface area contributed by atoms with Gasteiger partial charge in [-0.1, -0.05) is 38.1 Å². The molecule has 0 saturated carbocycles. The van der Waals surface area contributed by atoms with Crippen molar-refractivity contribution in [2.75, 3.05) is 0 Å². The molecular weight excluding hydrogens is 352 g/mol. The second-order valence-corrected chi connectivity index (χ2v) is 7.56. The molecule has 0 aliphatic heterocycles. The minimum atomic E-state index is -0.986. The van der Waals surface area contributed by atoms with Crippen LogP contribution < -0.4 is 4.74 Å². The van der Waals surface area contributed by atoms with Gasteiger partial charge >= 0.3 is 5.97 Å². The van der Waals surface area contributed by atoms with E-state index in [2.05, 4.69) is 13.8 Å². The van der Waals surface area contributed by atoms with Crippen molar-refractivity contribution in [1.29, 1.82) is 0 Å². The number of ketones is 1. The van der Waals surface area contributed by atoms with Crippen LogP contribution in [-0.2, 0) is 0 Å². The molecule has 148 valence electrons. The van der Waals surface area contributed by atoms with Crippen molar-refractivity contribution in [1.82, 2.24) is 0 Å². The zero-order valence-corrected chi connectivity index (χ0v) is 17.4. The molecule has 0 heterocycles. The van der Waals surface area contributed by atoms with Gasteiger partial charge in [-0.25, -0.2) is 4.79 Å². The molecule has 2 aromatic rings. The van der Waals surface area contributed by atoms with Crippen LogP contribution in [0.2, 0.25) is 0 Å². The fourth-order valence-electron chi connectivity index (χ4n) is 3.14. The highest BCUT2D eigenvalue weighted by molar-refractivity contribution is 6.07. The summed E-state index contributed by atoms with van der Waals surface area (Å²) in [4.78, 5) is 24.1. The Hall–Kier alpha value is -2.88. The summed E-state index contributed by atoms with van der Waals surface area (Å²) in [6.07, 6.45) is 3.09. The number of aromatic carboxylic acids is 1. The van der Waals surface area contributed by atoms with Crippen molar-refractivity contribution in [2.24, 2.45) is 0 Å². The van der Waals surface area contributed by atoms with Gasteiger partial charge in [0.15, 0.2) is 5.78 Å². The number of carboxylic acid groups (broad SMARTS) is 1. The second kappa shape index (κ2) is 8.87. The largest absolute Gasteiger partial charge is 0.490 e. The van der Waals surface area contributed by atoms with Crippen LogP contribution in [0.1, 0.15) is 76.6 Å². The number of carbonyl (C=O) groups excluding carboxylic acids is 1. The molecule has 0 aromatic heterocycles. The van der Waals surface area contributed by atoms with E-state index in [1.807, 2.05) is 38.1 Å². The summed E-state index contributed by atoms with van der Waals surface area (Å²) in [5.41, 5.74) is 3.93. The molecular formula is C24H28O4. The summed E-state index contributed by atoms with van der Waals surface area (Å²) in [6.45, 7) is 11.5. The fourth-order valence-corrected chi connectivity index (χ4v) is 3.14. The van der Waals surface area contributed by atoms with Gasteiger partial charge in [0.05, 0.1) is 11.7 Å². The Morgan fingerprint density at radius 2 is 1.64 bits per heavy atom. The van der Waals surface area contributed by atoms with Crippen LogP contribution >= 0.6 is 0 Å². The van der Waals surface area contributed by atoms with Crippen LogP contribution in [0.25, 0.3) is 6.08 Å². The molecule has 1 N–H and O–H groups in total. The van der Waals surface area contributed by atoms with E-state index in [9.17, 15) is 14.7 Å². The molecule has 2 aromatic carbocycles. The minimum absolute atomic E-state index is 0.108. The van der Waals surface area contributed by atoms with Gasteiger partial charge in [-0.2, -0.15) is 0 Å². The molecule has 0 amide bonds. The lowest BCUT2D eigenvalue weighted by Crippen LogP contribution is -2.12. The van der Waals surface area contributed by atoms with E-state index in [0.717, 1.165) is 0 Å². The predicted molar refractivity (Wildman–Crippen MR) is 113 cm³/mol. The highest BCUT2D eigenvalue weighted by Crippen LogP contribution is 2.31. The smallest absolute Gasteiger partial charge is 0.336 e. The monoisotopic (exact) mass is 380 g/mol. The molecule has 4 heteroatoms. The first-order chi connectivity index (χ1) is 13.1. The Morgan fingerprint density at radius 1 is 1.04 bits per heavy atom. The molecule has 0 aliphatic carbocycles. The van der Waals surface area contributed by atoms with E-state index >= 15 is 0 Å². The summed E-state index contributed by atoms with van der Waals surface area (Å²) in [6, 6.07) is 9.35. The quantitative estimate of drug-likeness (QED) is 0.486. The number of hydrogen-bond donors (Lipinski definition) is 1. The van der Waals surface area contributed by atoms with Crippen molar-refractivity contribution in [3.63, 3.8) is 0 Å². The van der Waals surface area contributed by atoms with Crippen LogP contribution in [-0.4, -0.2) is 23.0 Å². The number of allylic oxidation sites excluding steroid dienone is 1. The highest BCUT2D eigenvalue weighted by Gasteiger charge is 2.19. The van der Waals surface area contributed by atoms with E-state index in [0.29, 0.717) is 33.9 Å². The van der Waals surface area contributed by atoms with Gasteiger partial charge in [0.2, 0.25) is 0 Å². The van der Waals surface area contributed by atoms with Gasteiger partial charge < -0.3 is 9.84 Å². The maximum Gasteiger partial charge on any atom is 0.336 e. The molecule has 0 radical (unpaired) electrons. The first-order valence-corrected chi connectivity index (χ1v) is 9.48. The van der Waals surface area contributed by atoms with Crippen LogP contribution in [0.15, 0.2) is 36.4 Å². The van der Waals surface area contributed by atoms with Crippen molar-refractivity contribution in [2.45, 2.75) is 53.6 Å². The van der Waals surface area contributed by atoms with Crippen LogP contribution in [0.3, 0.4) is 0 Å². The third-order valence-corrected chi connectivity index (χ3v) is 4.59. The van der Waals surface area contributed by atoms with E-state index in [-0.39, 0.29) is 17.5 Å². The number of benzene rings is 2. The van der Waals surface area contributed by atoms with Gasteiger partial charge in [-0.15, -0.1) is 0 Å². The molecule has 28 heavy (non-hydrogen) atoms. The topological polar surface area (TPSA) is 63.6 Å². The first kappa shape index (κ1) is 21.4.